The molecule has 0 aliphatic carbocycles. The molecule has 4 aromatic rings. The summed E-state index contributed by atoms with van der Waals surface area (Å²) in [7, 11) is 0. The molecule has 0 saturated carbocycles. The van der Waals surface area contributed by atoms with Crippen LogP contribution < -0.4 is 20.8 Å². The summed E-state index contributed by atoms with van der Waals surface area (Å²) in [5.74, 6) is -8.07. The van der Waals surface area contributed by atoms with Crippen molar-refractivity contribution < 1.29 is 67.4 Å². The molecule has 4 aromatic carbocycles. The molecule has 0 bridgehead atoms. The second-order valence-corrected chi connectivity index (χ2v) is 16.1. The fraction of sp³-hybridized carbons (Fsp3) is 0.348. The van der Waals surface area contributed by atoms with Gasteiger partial charge in [0, 0.05) is 56.0 Å². The van der Waals surface area contributed by atoms with Crippen molar-refractivity contribution in [2.75, 3.05) is 26.4 Å². The number of aliphatic carboxylic acids is 2. The number of carboxylic acid groups (broad SMARTS) is 2. The van der Waals surface area contributed by atoms with Crippen LogP contribution in [0, 0.1) is 22.5 Å². The molecule has 0 aliphatic heterocycles. The van der Waals surface area contributed by atoms with Crippen molar-refractivity contribution in [3.05, 3.63) is 118 Å². The molecular formula is C46H48CaCl2F2N2O12. The molecule has 4 atom stereocenters. The molecule has 0 spiro atoms. The van der Waals surface area contributed by atoms with Gasteiger partial charge in [0.2, 0.25) is 0 Å². The first-order valence-electron chi connectivity index (χ1n) is 19.9. The molecule has 344 valence electrons. The monoisotopic (exact) mass is 968 g/mol. The number of hydrogen-bond donors (Lipinski definition) is 4. The Morgan fingerprint density at radius 1 is 0.615 bits per heavy atom. The summed E-state index contributed by atoms with van der Waals surface area (Å²) in [6.07, 6.45) is -0.0953. The predicted octanol–water partition coefficient (Wildman–Crippen LogP) is 3.37. The van der Waals surface area contributed by atoms with Crippen LogP contribution in [0.25, 0.3) is 22.3 Å². The van der Waals surface area contributed by atoms with Gasteiger partial charge in [-0.05, 0) is 98.2 Å². The average molecular weight is 970 g/mol. The smallest absolute Gasteiger partial charge is 0.549 e. The molecule has 14 nitrogen and oxygen atoms in total. The molecule has 2 amide bonds. The van der Waals surface area contributed by atoms with Gasteiger partial charge < -0.3 is 50.1 Å². The number of aliphatic hydroxyl groups excluding tert-OH is 2. The van der Waals surface area contributed by atoms with Gasteiger partial charge in [-0.25, -0.2) is 18.4 Å². The Morgan fingerprint density at radius 3 is 1.22 bits per heavy atom. The van der Waals surface area contributed by atoms with Crippen LogP contribution in [0.5, 0.6) is 0 Å². The summed E-state index contributed by atoms with van der Waals surface area (Å²) in [5, 5.41) is 47.8. The minimum Gasteiger partial charge on any atom is -0.549 e. The third-order valence-electron chi connectivity index (χ3n) is 10.0. The maximum absolute atomic E-state index is 14.1. The van der Waals surface area contributed by atoms with Crippen LogP contribution in [-0.4, -0.2) is 122 Å². The van der Waals surface area contributed by atoms with Crippen LogP contribution in [0.3, 0.4) is 0 Å². The molecule has 65 heavy (non-hydrogen) atoms. The number of carboxylic acids is 2. The second-order valence-electron chi connectivity index (χ2n) is 15.3. The van der Waals surface area contributed by atoms with Crippen molar-refractivity contribution in [3.8, 4) is 22.3 Å². The second kappa shape index (κ2) is 26.5. The quantitative estimate of drug-likeness (QED) is 0.0639. The Hall–Kier alpha value is -4.68. The molecule has 0 heterocycles. The van der Waals surface area contributed by atoms with Gasteiger partial charge in [-0.2, -0.15) is 0 Å². The van der Waals surface area contributed by atoms with Crippen LogP contribution in [-0.2, 0) is 51.1 Å². The van der Waals surface area contributed by atoms with Gasteiger partial charge in [0.25, 0.3) is 0 Å². The summed E-state index contributed by atoms with van der Waals surface area (Å²) >= 11 is 11.9. The zero-order chi connectivity index (χ0) is 47.8. The Morgan fingerprint density at radius 2 is 0.938 bits per heavy atom. The van der Waals surface area contributed by atoms with Crippen molar-refractivity contribution >= 4 is 96.6 Å². The predicted molar refractivity (Wildman–Crippen MR) is 234 cm³/mol. The maximum atomic E-state index is 14.1. The van der Waals surface area contributed by atoms with Crippen LogP contribution in [0.15, 0.2) is 84.9 Å². The number of hydrogen-bond acceptors (Lipinski definition) is 12. The van der Waals surface area contributed by atoms with E-state index >= 15 is 0 Å². The van der Waals surface area contributed by atoms with Gasteiger partial charge in [0.1, 0.15) is 11.6 Å². The minimum absolute atomic E-state index is 0. The summed E-state index contributed by atoms with van der Waals surface area (Å²) < 4.78 is 37.6. The van der Waals surface area contributed by atoms with E-state index in [4.69, 9.17) is 23.2 Å². The summed E-state index contributed by atoms with van der Waals surface area (Å²) in [4.78, 5) is 70.6. The van der Waals surface area contributed by atoms with Crippen molar-refractivity contribution in [2.45, 2.75) is 65.5 Å². The molecule has 19 heteroatoms. The molecule has 4 rings (SSSR count). The molecule has 0 fully saturated rings. The number of carbonyl (C=O) groups excluding carboxylic acids is 6. The first kappa shape index (κ1) is 56.4. The van der Waals surface area contributed by atoms with Crippen molar-refractivity contribution in [1.29, 1.82) is 0 Å². The zero-order valence-corrected chi connectivity index (χ0v) is 39.8. The van der Waals surface area contributed by atoms with Gasteiger partial charge in [0.15, 0.2) is 0 Å². The van der Waals surface area contributed by atoms with E-state index in [1.165, 1.54) is 50.2 Å². The molecule has 0 aliphatic rings. The Labute approximate surface area is 414 Å². The van der Waals surface area contributed by atoms with Crippen molar-refractivity contribution in [2.24, 2.45) is 10.8 Å². The van der Waals surface area contributed by atoms with E-state index in [1.807, 2.05) is 0 Å². The van der Waals surface area contributed by atoms with E-state index in [9.17, 15) is 58.0 Å². The zero-order valence-electron chi connectivity index (χ0n) is 36.1. The summed E-state index contributed by atoms with van der Waals surface area (Å²) in [6.45, 7) is 4.26. The van der Waals surface area contributed by atoms with E-state index in [1.54, 1.807) is 62.4 Å². The number of amides is 2. The standard InChI is InChI=1S/2C23H25ClFNO6.Ca/c2*1-3-32-21(29)20(28)26-17(12-23(2,13-27)22(30)31)10-14-4-6-15(7-5-14)18-11-16(24)8-9-19(18)25;/h2*4-9,11,17,27H,3,10,12-13H2,1-2H3,(H,26,28)(H,30,31);/q;;+2/p-2/t2*17-,23+;/m11./s1. The maximum Gasteiger partial charge on any atom is 2.00 e. The van der Waals surface area contributed by atoms with Gasteiger partial charge in [-0.15, -0.1) is 0 Å². The number of benzene rings is 4. The molecule has 0 unspecified atom stereocenters. The number of halogens is 4. The average Bonchev–Trinajstić information content (AvgIpc) is 3.26. The molecule has 0 radical (unpaired) electrons. The molecule has 0 aromatic heterocycles. The minimum atomic E-state index is -1.64. The van der Waals surface area contributed by atoms with Crippen LogP contribution in [0.1, 0.15) is 51.7 Å². The van der Waals surface area contributed by atoms with Crippen molar-refractivity contribution in [1.82, 2.24) is 10.6 Å². The number of carbonyl (C=O) groups is 6. The van der Waals surface area contributed by atoms with Gasteiger partial charge in [-0.3, -0.25) is 9.59 Å². The summed E-state index contributed by atoms with van der Waals surface area (Å²) in [6, 6.07) is 20.2. The largest absolute Gasteiger partial charge is 2.00 e. The number of ether oxygens (including phenoxy) is 2. The SMILES string of the molecule is CCOC(=O)C(=O)N[C@H](Cc1ccc(-c2cc(Cl)ccc2F)cc1)C[C@@](C)(CO)C(=O)[O-].CCOC(=O)C(=O)N[C@H](Cc1ccc(-c2cc(Cl)ccc2F)cc1)C[C@@](C)(CO)C(=O)[O-].[Ca+2]. The normalized spacial score (nSPS) is 13.4. The van der Waals surface area contributed by atoms with E-state index in [0.29, 0.717) is 43.4 Å². The van der Waals surface area contributed by atoms with Gasteiger partial charge in [-0.1, -0.05) is 85.6 Å². The fourth-order valence-electron chi connectivity index (χ4n) is 6.39. The molecule has 0 saturated heterocycles. The fourth-order valence-corrected chi connectivity index (χ4v) is 6.73. The van der Waals surface area contributed by atoms with Gasteiger partial charge >= 0.3 is 61.5 Å². The topological polar surface area (TPSA) is 232 Å². The Bertz CT molecular complexity index is 2130. The van der Waals surface area contributed by atoms with Crippen LogP contribution in [0.2, 0.25) is 10.0 Å². The first-order chi connectivity index (χ1) is 30.2. The number of esters is 2. The van der Waals surface area contributed by atoms with E-state index < -0.39 is 83.5 Å². The van der Waals surface area contributed by atoms with Crippen molar-refractivity contribution in [3.63, 3.8) is 0 Å². The molecular weight excluding hydrogens is 921 g/mol. The number of nitrogens with one attached hydrogen (secondary N) is 2. The van der Waals surface area contributed by atoms with Gasteiger partial charge in [0.05, 0.1) is 26.4 Å². The van der Waals surface area contributed by atoms with E-state index in [-0.39, 0.29) is 76.6 Å². The van der Waals surface area contributed by atoms with Crippen LogP contribution in [0.4, 0.5) is 8.78 Å². The number of aliphatic hydroxyl groups is 2. The first-order valence-corrected chi connectivity index (χ1v) is 20.6. The Kier molecular flexibility index (Phi) is 23.0. The van der Waals surface area contributed by atoms with E-state index in [2.05, 4.69) is 20.1 Å². The van der Waals surface area contributed by atoms with E-state index in [0.717, 1.165) is 0 Å². The number of rotatable bonds is 18. The Balaban J connectivity index is 0.000000440. The molecule has 4 N–H and O–H groups in total. The third kappa shape index (κ3) is 16.9. The van der Waals surface area contributed by atoms with Crippen LogP contribution >= 0.6 is 23.2 Å². The third-order valence-corrected chi connectivity index (χ3v) is 10.5. The summed E-state index contributed by atoms with van der Waals surface area (Å²) in [5.41, 5.74) is -0.117.